The Kier molecular flexibility index (Phi) is 4.39. The van der Waals surface area contributed by atoms with Gasteiger partial charge in [-0.15, -0.1) is 0 Å². The topological polar surface area (TPSA) is 92.8 Å². The van der Waals surface area contributed by atoms with Crippen molar-refractivity contribution in [2.24, 2.45) is 5.92 Å². The number of ether oxygens (including phenoxy) is 1. The van der Waals surface area contributed by atoms with Crippen LogP contribution in [0.4, 0.5) is 0 Å². The highest BCUT2D eigenvalue weighted by molar-refractivity contribution is 5.97. The molecule has 2 aromatic heterocycles. The summed E-state index contributed by atoms with van der Waals surface area (Å²) in [6, 6.07) is 9.13. The number of benzene rings is 1. The van der Waals surface area contributed by atoms with Crippen LogP contribution in [0.25, 0.3) is 11.0 Å². The molecule has 1 saturated heterocycles. The van der Waals surface area contributed by atoms with E-state index in [2.05, 4.69) is 25.7 Å². The van der Waals surface area contributed by atoms with Gasteiger partial charge in [0.25, 0.3) is 5.91 Å². The van der Waals surface area contributed by atoms with E-state index in [-0.39, 0.29) is 11.9 Å². The minimum Gasteiger partial charge on any atom is -0.381 e. The number of fused-ring (bicyclic) bond motifs is 1. The Balaban J connectivity index is 1.59. The molecule has 1 aliphatic rings. The molecule has 1 atom stereocenters. The summed E-state index contributed by atoms with van der Waals surface area (Å²) in [6.07, 6.45) is 5.40. The third-order valence-corrected chi connectivity index (χ3v) is 4.65. The predicted octanol–water partition coefficient (Wildman–Crippen LogP) is 2.25. The average Bonchev–Trinajstić information content (AvgIpc) is 3.15. The van der Waals surface area contributed by atoms with E-state index in [4.69, 9.17) is 4.74 Å². The molecule has 0 spiro atoms. The maximum absolute atomic E-state index is 12.8. The summed E-state index contributed by atoms with van der Waals surface area (Å²) in [5.74, 6) is 0.211. The SMILES string of the molecule is O=C(NC(c1cccnc1)C1CCOCC1)c1ccc2n[nH]nc2c1. The number of carbonyl (C=O) groups excluding carboxylic acids is 1. The normalized spacial score (nSPS) is 16.6. The molecule has 3 heterocycles. The Morgan fingerprint density at radius 2 is 2.04 bits per heavy atom. The molecule has 1 aromatic carbocycles. The molecule has 7 heteroatoms. The van der Waals surface area contributed by atoms with Crippen LogP contribution in [0.15, 0.2) is 42.7 Å². The number of nitrogens with one attached hydrogen (secondary N) is 2. The Hall–Kier alpha value is -2.80. The first kappa shape index (κ1) is 15.7. The van der Waals surface area contributed by atoms with Gasteiger partial charge in [0.05, 0.1) is 6.04 Å². The van der Waals surface area contributed by atoms with Crippen LogP contribution in [0.5, 0.6) is 0 Å². The molecule has 3 aromatic rings. The number of aromatic nitrogens is 4. The number of hydrogen-bond donors (Lipinski definition) is 2. The van der Waals surface area contributed by atoms with Crippen molar-refractivity contribution in [1.29, 1.82) is 0 Å². The molecule has 25 heavy (non-hydrogen) atoms. The van der Waals surface area contributed by atoms with Gasteiger partial charge in [-0.25, -0.2) is 0 Å². The number of hydrogen-bond acceptors (Lipinski definition) is 5. The van der Waals surface area contributed by atoms with E-state index in [0.717, 1.165) is 37.1 Å². The number of H-pyrrole nitrogens is 1. The maximum atomic E-state index is 12.8. The van der Waals surface area contributed by atoms with Crippen LogP contribution in [-0.2, 0) is 4.74 Å². The molecule has 1 unspecified atom stereocenters. The first-order valence-corrected chi connectivity index (χ1v) is 8.40. The molecule has 128 valence electrons. The van der Waals surface area contributed by atoms with E-state index in [1.54, 1.807) is 24.4 Å². The lowest BCUT2D eigenvalue weighted by molar-refractivity contribution is 0.0513. The van der Waals surface area contributed by atoms with E-state index >= 15 is 0 Å². The molecular weight excluding hydrogens is 318 g/mol. The van der Waals surface area contributed by atoms with Crippen molar-refractivity contribution in [3.8, 4) is 0 Å². The van der Waals surface area contributed by atoms with E-state index in [1.165, 1.54) is 0 Å². The molecule has 1 amide bonds. The van der Waals surface area contributed by atoms with Crippen LogP contribution in [0.2, 0.25) is 0 Å². The maximum Gasteiger partial charge on any atom is 0.251 e. The third kappa shape index (κ3) is 3.36. The molecule has 0 saturated carbocycles. The minimum absolute atomic E-state index is 0.0851. The molecular formula is C18H19N5O2. The van der Waals surface area contributed by atoms with Crippen LogP contribution in [-0.4, -0.2) is 39.5 Å². The number of rotatable bonds is 4. The van der Waals surface area contributed by atoms with E-state index in [9.17, 15) is 4.79 Å². The lowest BCUT2D eigenvalue weighted by atomic mass is 9.87. The van der Waals surface area contributed by atoms with Gasteiger partial charge in [-0.3, -0.25) is 9.78 Å². The molecule has 1 aliphatic heterocycles. The van der Waals surface area contributed by atoms with Crippen LogP contribution < -0.4 is 5.32 Å². The zero-order valence-corrected chi connectivity index (χ0v) is 13.7. The van der Waals surface area contributed by atoms with Gasteiger partial charge in [0, 0.05) is 31.2 Å². The van der Waals surface area contributed by atoms with Gasteiger partial charge < -0.3 is 10.1 Å². The Bertz CT molecular complexity index is 858. The molecule has 0 aliphatic carbocycles. The highest BCUT2D eigenvalue weighted by Gasteiger charge is 2.27. The minimum atomic E-state index is -0.120. The monoisotopic (exact) mass is 337 g/mol. The fraction of sp³-hybridized carbons (Fsp3) is 0.333. The lowest BCUT2D eigenvalue weighted by Crippen LogP contribution is -2.36. The number of pyridine rings is 1. The van der Waals surface area contributed by atoms with E-state index in [1.807, 2.05) is 18.3 Å². The van der Waals surface area contributed by atoms with Gasteiger partial charge in [0.15, 0.2) is 0 Å². The molecule has 4 rings (SSSR count). The summed E-state index contributed by atoms with van der Waals surface area (Å²) in [5, 5.41) is 13.8. The standard InChI is InChI=1S/C18H19N5O2/c24-18(13-3-4-15-16(10-13)22-23-21-15)20-17(12-5-8-25-9-6-12)14-2-1-7-19-11-14/h1-4,7,10-12,17H,5-6,8-9H2,(H,20,24)(H,21,22,23). The summed E-state index contributed by atoms with van der Waals surface area (Å²) in [4.78, 5) is 17.0. The Labute approximate surface area is 144 Å². The third-order valence-electron chi connectivity index (χ3n) is 4.65. The van der Waals surface area contributed by atoms with Crippen LogP contribution in [0.1, 0.15) is 34.8 Å². The molecule has 2 N–H and O–H groups in total. The summed E-state index contributed by atoms with van der Waals surface area (Å²) in [7, 11) is 0. The highest BCUT2D eigenvalue weighted by Crippen LogP contribution is 2.30. The summed E-state index contributed by atoms with van der Waals surface area (Å²) in [6.45, 7) is 1.45. The highest BCUT2D eigenvalue weighted by atomic mass is 16.5. The van der Waals surface area contributed by atoms with Crippen molar-refractivity contribution in [1.82, 2.24) is 25.7 Å². The number of aromatic amines is 1. The molecule has 7 nitrogen and oxygen atoms in total. The quantitative estimate of drug-likeness (QED) is 0.762. The Morgan fingerprint density at radius 3 is 2.84 bits per heavy atom. The Morgan fingerprint density at radius 1 is 1.20 bits per heavy atom. The number of amides is 1. The molecule has 0 radical (unpaired) electrons. The van der Waals surface area contributed by atoms with Gasteiger partial charge >= 0.3 is 0 Å². The lowest BCUT2D eigenvalue weighted by Gasteiger charge is -2.31. The first-order chi connectivity index (χ1) is 12.3. The van der Waals surface area contributed by atoms with Crippen LogP contribution >= 0.6 is 0 Å². The van der Waals surface area contributed by atoms with E-state index in [0.29, 0.717) is 17.0 Å². The average molecular weight is 337 g/mol. The molecule has 1 fully saturated rings. The second-order valence-electron chi connectivity index (χ2n) is 6.21. The van der Waals surface area contributed by atoms with Crippen LogP contribution in [0.3, 0.4) is 0 Å². The van der Waals surface area contributed by atoms with Crippen molar-refractivity contribution >= 4 is 16.9 Å². The number of nitrogens with zero attached hydrogens (tertiary/aromatic N) is 3. The predicted molar refractivity (Wildman–Crippen MR) is 91.9 cm³/mol. The van der Waals surface area contributed by atoms with Crippen molar-refractivity contribution in [3.63, 3.8) is 0 Å². The van der Waals surface area contributed by atoms with Gasteiger partial charge in [0.1, 0.15) is 11.0 Å². The molecule has 0 bridgehead atoms. The van der Waals surface area contributed by atoms with Gasteiger partial charge in [-0.05, 0) is 48.6 Å². The smallest absolute Gasteiger partial charge is 0.251 e. The summed E-state index contributed by atoms with van der Waals surface area (Å²) < 4.78 is 5.47. The zero-order valence-electron chi connectivity index (χ0n) is 13.7. The van der Waals surface area contributed by atoms with E-state index < -0.39 is 0 Å². The largest absolute Gasteiger partial charge is 0.381 e. The summed E-state index contributed by atoms with van der Waals surface area (Å²) >= 11 is 0. The zero-order chi connectivity index (χ0) is 17.1. The van der Waals surface area contributed by atoms with Gasteiger partial charge in [0.2, 0.25) is 0 Å². The fourth-order valence-electron chi connectivity index (χ4n) is 3.29. The second-order valence-corrected chi connectivity index (χ2v) is 6.21. The van der Waals surface area contributed by atoms with Crippen molar-refractivity contribution in [2.75, 3.05) is 13.2 Å². The fourth-order valence-corrected chi connectivity index (χ4v) is 3.29. The van der Waals surface area contributed by atoms with Crippen molar-refractivity contribution < 1.29 is 9.53 Å². The van der Waals surface area contributed by atoms with Crippen molar-refractivity contribution in [2.45, 2.75) is 18.9 Å². The first-order valence-electron chi connectivity index (χ1n) is 8.40. The second kappa shape index (κ2) is 6.98. The van der Waals surface area contributed by atoms with Crippen LogP contribution in [0, 0.1) is 5.92 Å². The van der Waals surface area contributed by atoms with Gasteiger partial charge in [-0.2, -0.15) is 15.4 Å². The number of carbonyl (C=O) groups is 1. The summed E-state index contributed by atoms with van der Waals surface area (Å²) in [5.41, 5.74) is 3.01. The van der Waals surface area contributed by atoms with Gasteiger partial charge in [-0.1, -0.05) is 6.07 Å². The van der Waals surface area contributed by atoms with Crippen molar-refractivity contribution in [3.05, 3.63) is 53.9 Å².